The van der Waals surface area contributed by atoms with Crippen molar-refractivity contribution in [1.82, 2.24) is 4.57 Å². The monoisotopic (exact) mass is 954 g/mol. The fraction of sp³-hybridized carbons (Fsp3) is 0.0137. The molecule has 12 aromatic carbocycles. The standard InChI is InChI=1S/C73H50N2/c1-6-23-51(24-7-1)63-45-42-59(49-68(63)52-25-8-2-9-26-52)74(57-32-14-5-15-33-57)58-34-22-27-53(47-58)61-35-16-17-36-62(61)54-41-44-67-66-38-19-21-40-71(66)75(72(67)48-54)60-43-46-65-64-37-18-20-39-69(64)73(70(65)50-60,55-28-10-3-11-29-55)56-30-12-4-13-31-56/h1-50H. The first-order chi connectivity index (χ1) is 37.2. The van der Waals surface area contributed by atoms with E-state index in [0.29, 0.717) is 0 Å². The number of benzene rings is 12. The second kappa shape index (κ2) is 18.4. The van der Waals surface area contributed by atoms with Crippen molar-refractivity contribution in [2.45, 2.75) is 5.41 Å². The number of para-hydroxylation sites is 2. The van der Waals surface area contributed by atoms with Gasteiger partial charge in [0.2, 0.25) is 0 Å². The molecule has 1 heterocycles. The predicted molar refractivity (Wildman–Crippen MR) is 315 cm³/mol. The number of fused-ring (bicyclic) bond motifs is 6. The normalized spacial score (nSPS) is 12.4. The lowest BCUT2D eigenvalue weighted by Gasteiger charge is -2.34. The van der Waals surface area contributed by atoms with Crippen molar-refractivity contribution in [3.8, 4) is 61.3 Å². The summed E-state index contributed by atoms with van der Waals surface area (Å²) in [6.45, 7) is 0. The molecule has 0 bridgehead atoms. The molecule has 1 aliphatic carbocycles. The van der Waals surface area contributed by atoms with Gasteiger partial charge in [-0.05, 0) is 139 Å². The van der Waals surface area contributed by atoms with Crippen LogP contribution >= 0.6 is 0 Å². The lowest BCUT2D eigenvalue weighted by atomic mass is 9.67. The van der Waals surface area contributed by atoms with Gasteiger partial charge < -0.3 is 9.47 Å². The molecule has 0 N–H and O–H groups in total. The second-order valence-corrected chi connectivity index (χ2v) is 19.6. The summed E-state index contributed by atoms with van der Waals surface area (Å²) in [4.78, 5) is 2.39. The summed E-state index contributed by atoms with van der Waals surface area (Å²) >= 11 is 0. The maximum absolute atomic E-state index is 2.49. The zero-order valence-electron chi connectivity index (χ0n) is 41.3. The molecule has 0 radical (unpaired) electrons. The number of aromatic nitrogens is 1. The Morgan fingerprint density at radius 2 is 0.733 bits per heavy atom. The Hall–Kier alpha value is -9.76. The van der Waals surface area contributed by atoms with Gasteiger partial charge in [0.05, 0.1) is 16.4 Å². The van der Waals surface area contributed by atoms with Crippen LogP contribution in [0, 0.1) is 0 Å². The Balaban J connectivity index is 0.916. The van der Waals surface area contributed by atoms with Gasteiger partial charge in [-0.1, -0.05) is 243 Å². The van der Waals surface area contributed by atoms with Crippen LogP contribution in [0.1, 0.15) is 22.3 Å². The summed E-state index contributed by atoms with van der Waals surface area (Å²) in [7, 11) is 0. The van der Waals surface area contributed by atoms with Crippen LogP contribution in [-0.2, 0) is 5.41 Å². The fourth-order valence-electron chi connectivity index (χ4n) is 12.2. The lowest BCUT2D eigenvalue weighted by Crippen LogP contribution is -2.28. The molecule has 14 rings (SSSR count). The van der Waals surface area contributed by atoms with Crippen LogP contribution in [0.3, 0.4) is 0 Å². The number of nitrogens with zero attached hydrogens (tertiary/aromatic N) is 2. The molecule has 2 heteroatoms. The highest BCUT2D eigenvalue weighted by Gasteiger charge is 2.46. The van der Waals surface area contributed by atoms with Crippen molar-refractivity contribution >= 4 is 38.9 Å². The number of anilines is 3. The van der Waals surface area contributed by atoms with Crippen molar-refractivity contribution in [2.75, 3.05) is 4.90 Å². The fourth-order valence-corrected chi connectivity index (χ4v) is 12.2. The van der Waals surface area contributed by atoms with Crippen molar-refractivity contribution in [2.24, 2.45) is 0 Å². The minimum atomic E-state index is -0.506. The molecule has 1 aromatic heterocycles. The van der Waals surface area contributed by atoms with Gasteiger partial charge in [0.25, 0.3) is 0 Å². The van der Waals surface area contributed by atoms with Gasteiger partial charge in [0, 0.05) is 33.5 Å². The molecule has 1 aliphatic rings. The largest absolute Gasteiger partial charge is 0.310 e. The topological polar surface area (TPSA) is 8.17 Å². The van der Waals surface area contributed by atoms with Crippen LogP contribution in [0.15, 0.2) is 303 Å². The highest BCUT2D eigenvalue weighted by atomic mass is 15.1. The summed E-state index contributed by atoms with van der Waals surface area (Å²) in [5, 5.41) is 2.45. The van der Waals surface area contributed by atoms with E-state index in [4.69, 9.17) is 0 Å². The quantitative estimate of drug-likeness (QED) is 0.133. The Labute approximate surface area is 438 Å². The van der Waals surface area contributed by atoms with E-state index < -0.39 is 5.41 Å². The molecule has 0 saturated carbocycles. The maximum atomic E-state index is 2.49. The predicted octanol–water partition coefficient (Wildman–Crippen LogP) is 19.3. The summed E-state index contributed by atoms with van der Waals surface area (Å²) in [6.07, 6.45) is 0. The minimum absolute atomic E-state index is 0.506. The molecule has 0 saturated heterocycles. The van der Waals surface area contributed by atoms with Crippen molar-refractivity contribution in [3.05, 3.63) is 326 Å². The molecule has 75 heavy (non-hydrogen) atoms. The van der Waals surface area contributed by atoms with Crippen molar-refractivity contribution in [3.63, 3.8) is 0 Å². The Bertz CT molecular complexity index is 4180. The third kappa shape index (κ3) is 7.33. The molecule has 352 valence electrons. The molecular formula is C73H50N2. The zero-order valence-corrected chi connectivity index (χ0v) is 41.3. The molecule has 0 atom stereocenters. The summed E-state index contributed by atoms with van der Waals surface area (Å²) in [6, 6.07) is 111. The number of hydrogen-bond acceptors (Lipinski definition) is 1. The van der Waals surface area contributed by atoms with Crippen LogP contribution < -0.4 is 4.90 Å². The van der Waals surface area contributed by atoms with E-state index in [9.17, 15) is 0 Å². The van der Waals surface area contributed by atoms with Gasteiger partial charge in [0.1, 0.15) is 0 Å². The zero-order chi connectivity index (χ0) is 49.7. The van der Waals surface area contributed by atoms with E-state index in [1.165, 1.54) is 88.6 Å². The summed E-state index contributed by atoms with van der Waals surface area (Å²) < 4.78 is 2.49. The van der Waals surface area contributed by atoms with Gasteiger partial charge in [-0.25, -0.2) is 0 Å². The van der Waals surface area contributed by atoms with Crippen LogP contribution in [0.25, 0.3) is 83.1 Å². The Morgan fingerprint density at radius 3 is 1.43 bits per heavy atom. The third-order valence-electron chi connectivity index (χ3n) is 15.5. The third-order valence-corrected chi connectivity index (χ3v) is 15.5. The first-order valence-electron chi connectivity index (χ1n) is 25.9. The summed E-state index contributed by atoms with van der Waals surface area (Å²) in [5.41, 5.74) is 23.3. The maximum Gasteiger partial charge on any atom is 0.0714 e. The van der Waals surface area contributed by atoms with Crippen LogP contribution in [0.2, 0.25) is 0 Å². The smallest absolute Gasteiger partial charge is 0.0714 e. The van der Waals surface area contributed by atoms with Crippen LogP contribution in [0.5, 0.6) is 0 Å². The molecular weight excluding hydrogens is 905 g/mol. The van der Waals surface area contributed by atoms with Gasteiger partial charge in [-0.2, -0.15) is 0 Å². The average molecular weight is 955 g/mol. The first kappa shape index (κ1) is 44.0. The van der Waals surface area contributed by atoms with E-state index in [1.807, 2.05) is 0 Å². The molecule has 0 unspecified atom stereocenters. The molecule has 0 fully saturated rings. The Kier molecular flexibility index (Phi) is 10.8. The van der Waals surface area contributed by atoms with Gasteiger partial charge in [-0.3, -0.25) is 0 Å². The Morgan fingerprint density at radius 1 is 0.253 bits per heavy atom. The second-order valence-electron chi connectivity index (χ2n) is 19.6. The SMILES string of the molecule is c1ccc(-c2ccc(N(c3ccccc3)c3cccc(-c4ccccc4-c4ccc5c6ccccc6n(-c6ccc7c(c6)C(c6ccccc6)(c6ccccc6)c6ccccc6-7)c5c4)c3)cc2-c2ccccc2)cc1. The molecule has 0 spiro atoms. The highest BCUT2D eigenvalue weighted by Crippen LogP contribution is 2.57. The van der Waals surface area contributed by atoms with Gasteiger partial charge >= 0.3 is 0 Å². The van der Waals surface area contributed by atoms with Crippen molar-refractivity contribution in [1.29, 1.82) is 0 Å². The van der Waals surface area contributed by atoms with Gasteiger partial charge in [-0.15, -0.1) is 0 Å². The molecule has 2 nitrogen and oxygen atoms in total. The molecule has 13 aromatic rings. The summed E-state index contributed by atoms with van der Waals surface area (Å²) in [5.74, 6) is 0. The van der Waals surface area contributed by atoms with E-state index >= 15 is 0 Å². The first-order valence-corrected chi connectivity index (χ1v) is 25.9. The molecule has 0 aliphatic heterocycles. The van der Waals surface area contributed by atoms with E-state index in [0.717, 1.165) is 33.9 Å². The minimum Gasteiger partial charge on any atom is -0.310 e. The van der Waals surface area contributed by atoms with Gasteiger partial charge in [0.15, 0.2) is 0 Å². The van der Waals surface area contributed by atoms with Crippen LogP contribution in [-0.4, -0.2) is 4.57 Å². The van der Waals surface area contributed by atoms with E-state index in [-0.39, 0.29) is 0 Å². The number of rotatable bonds is 10. The van der Waals surface area contributed by atoms with Crippen molar-refractivity contribution < 1.29 is 0 Å². The molecule has 0 amide bonds. The number of hydrogen-bond donors (Lipinski definition) is 0. The highest BCUT2D eigenvalue weighted by molar-refractivity contribution is 6.10. The lowest BCUT2D eigenvalue weighted by molar-refractivity contribution is 0.767. The average Bonchev–Trinajstić information content (AvgIpc) is 4.03. The van der Waals surface area contributed by atoms with E-state index in [1.54, 1.807) is 0 Å². The van der Waals surface area contributed by atoms with Crippen LogP contribution in [0.4, 0.5) is 17.1 Å². The van der Waals surface area contributed by atoms with E-state index in [2.05, 4.69) is 313 Å².